The number of benzene rings is 1. The molecule has 0 bridgehead atoms. The SMILES string of the molecule is CCCCCP(CCCC)(CCCC)(CCCC)OC(=O)c1c(F)c(F)c(F)c(F)c1F. The third-order valence-electron chi connectivity index (χ3n) is 6.31. The molecular formula is C24H38F5O2P. The van der Waals surface area contributed by atoms with Crippen molar-refractivity contribution in [1.82, 2.24) is 0 Å². The summed E-state index contributed by atoms with van der Waals surface area (Å²) in [6, 6.07) is 0. The van der Waals surface area contributed by atoms with Crippen molar-refractivity contribution in [3.8, 4) is 0 Å². The van der Waals surface area contributed by atoms with E-state index in [-0.39, 0.29) is 0 Å². The fraction of sp³-hybridized carbons (Fsp3) is 0.708. The molecule has 186 valence electrons. The predicted molar refractivity (Wildman–Crippen MR) is 122 cm³/mol. The number of carbonyl (C=O) groups excluding carboxylic acids is 1. The van der Waals surface area contributed by atoms with E-state index >= 15 is 0 Å². The van der Waals surface area contributed by atoms with Gasteiger partial charge in [-0.3, -0.25) is 0 Å². The van der Waals surface area contributed by atoms with Crippen molar-refractivity contribution in [2.45, 2.75) is 85.5 Å². The molecule has 0 saturated heterocycles. The first kappa shape index (κ1) is 28.8. The van der Waals surface area contributed by atoms with Gasteiger partial charge in [-0.25, -0.2) is 0 Å². The third kappa shape index (κ3) is 6.65. The summed E-state index contributed by atoms with van der Waals surface area (Å²) >= 11 is 0. The molecule has 0 spiro atoms. The van der Waals surface area contributed by atoms with Crippen LogP contribution in [-0.4, -0.2) is 30.6 Å². The van der Waals surface area contributed by atoms with Crippen molar-refractivity contribution in [3.05, 3.63) is 34.6 Å². The van der Waals surface area contributed by atoms with Gasteiger partial charge in [0.25, 0.3) is 0 Å². The molecule has 1 aromatic rings. The van der Waals surface area contributed by atoms with Crippen LogP contribution in [0.4, 0.5) is 22.0 Å². The summed E-state index contributed by atoms with van der Waals surface area (Å²) in [6.07, 6.45) is 10.0. The van der Waals surface area contributed by atoms with Crippen molar-refractivity contribution in [2.75, 3.05) is 24.6 Å². The average molecular weight is 485 g/mol. The number of rotatable bonds is 15. The Hall–Kier alpha value is -1.23. The number of hydrogen-bond acceptors (Lipinski definition) is 2. The number of unbranched alkanes of at least 4 members (excludes halogenated alkanes) is 5. The zero-order valence-electron chi connectivity index (χ0n) is 19.8. The summed E-state index contributed by atoms with van der Waals surface area (Å²) < 4.78 is 76.0. The maximum atomic E-state index is 14.4. The van der Waals surface area contributed by atoms with Crippen LogP contribution >= 0.6 is 6.83 Å². The Labute approximate surface area is 189 Å². The monoisotopic (exact) mass is 484 g/mol. The topological polar surface area (TPSA) is 26.3 Å². The van der Waals surface area contributed by atoms with E-state index in [9.17, 15) is 26.7 Å². The van der Waals surface area contributed by atoms with Crippen LogP contribution in [0.25, 0.3) is 0 Å². The van der Waals surface area contributed by atoms with Gasteiger partial charge in [-0.2, -0.15) is 0 Å². The van der Waals surface area contributed by atoms with Crippen molar-refractivity contribution >= 4 is 12.8 Å². The van der Waals surface area contributed by atoms with Gasteiger partial charge in [-0.15, -0.1) is 0 Å². The second-order valence-corrected chi connectivity index (χ2v) is 14.5. The predicted octanol–water partition coefficient (Wildman–Crippen LogP) is 8.60. The molecule has 0 aliphatic rings. The van der Waals surface area contributed by atoms with Gasteiger partial charge in [0.1, 0.15) is 0 Å². The van der Waals surface area contributed by atoms with Gasteiger partial charge in [0.05, 0.1) is 0 Å². The van der Waals surface area contributed by atoms with Gasteiger partial charge >= 0.3 is 189 Å². The van der Waals surface area contributed by atoms with Crippen LogP contribution in [0, 0.1) is 29.1 Å². The van der Waals surface area contributed by atoms with Crippen LogP contribution in [0.1, 0.15) is 95.8 Å². The van der Waals surface area contributed by atoms with Gasteiger partial charge in [-0.1, -0.05) is 0 Å². The molecule has 0 N–H and O–H groups in total. The van der Waals surface area contributed by atoms with Crippen molar-refractivity contribution in [1.29, 1.82) is 0 Å². The summed E-state index contributed by atoms with van der Waals surface area (Å²) in [7, 11) is 0. The summed E-state index contributed by atoms with van der Waals surface area (Å²) in [4.78, 5) is 13.1. The minimum absolute atomic E-state index is 0.618. The molecule has 0 heterocycles. The zero-order valence-corrected chi connectivity index (χ0v) is 20.7. The second kappa shape index (κ2) is 12.9. The summed E-state index contributed by atoms with van der Waals surface area (Å²) in [6.45, 7) is 4.79. The summed E-state index contributed by atoms with van der Waals surface area (Å²) in [5.41, 5.74) is -1.48. The van der Waals surface area contributed by atoms with Crippen molar-refractivity contribution in [2.24, 2.45) is 0 Å². The van der Waals surface area contributed by atoms with E-state index in [0.717, 1.165) is 57.8 Å². The van der Waals surface area contributed by atoms with Gasteiger partial charge < -0.3 is 0 Å². The Balaban J connectivity index is 3.62. The van der Waals surface area contributed by atoms with Gasteiger partial charge in [0, 0.05) is 0 Å². The molecular weight excluding hydrogens is 446 g/mol. The first-order valence-corrected chi connectivity index (χ1v) is 14.8. The van der Waals surface area contributed by atoms with E-state index in [2.05, 4.69) is 6.92 Å². The van der Waals surface area contributed by atoms with E-state index in [0.29, 0.717) is 24.6 Å². The summed E-state index contributed by atoms with van der Waals surface area (Å²) in [5.74, 6) is -12.2. The second-order valence-electron chi connectivity index (χ2n) is 8.84. The molecule has 0 radical (unpaired) electrons. The average Bonchev–Trinajstić information content (AvgIpc) is 2.78. The van der Waals surface area contributed by atoms with E-state index < -0.39 is 47.4 Å². The Morgan fingerprint density at radius 1 is 0.594 bits per heavy atom. The minimum atomic E-state index is -3.31. The molecule has 1 rings (SSSR count). The fourth-order valence-corrected chi connectivity index (χ4v) is 11.0. The fourth-order valence-electron chi connectivity index (χ4n) is 4.35. The Morgan fingerprint density at radius 3 is 1.31 bits per heavy atom. The van der Waals surface area contributed by atoms with E-state index in [1.807, 2.05) is 20.8 Å². The Kier molecular flexibility index (Phi) is 11.6. The van der Waals surface area contributed by atoms with Crippen LogP contribution < -0.4 is 0 Å². The van der Waals surface area contributed by atoms with Crippen molar-refractivity contribution in [3.63, 3.8) is 0 Å². The number of hydrogen-bond donors (Lipinski definition) is 0. The molecule has 32 heavy (non-hydrogen) atoms. The summed E-state index contributed by atoms with van der Waals surface area (Å²) in [5, 5.41) is 0. The van der Waals surface area contributed by atoms with E-state index in [4.69, 9.17) is 4.52 Å². The quantitative estimate of drug-likeness (QED) is 0.0819. The Bertz CT molecular complexity index is 716. The van der Waals surface area contributed by atoms with Gasteiger partial charge in [-0.05, 0) is 0 Å². The third-order valence-corrected chi connectivity index (χ3v) is 12.8. The maximum absolute atomic E-state index is 14.4. The molecule has 0 unspecified atom stereocenters. The van der Waals surface area contributed by atoms with Crippen LogP contribution in [0.5, 0.6) is 0 Å². The van der Waals surface area contributed by atoms with Crippen LogP contribution in [-0.2, 0) is 4.52 Å². The molecule has 0 aliphatic carbocycles. The molecule has 0 atom stereocenters. The number of carbonyl (C=O) groups is 1. The molecule has 0 fully saturated rings. The molecule has 0 saturated carbocycles. The van der Waals surface area contributed by atoms with Crippen LogP contribution in [0.2, 0.25) is 0 Å². The zero-order chi connectivity index (χ0) is 24.4. The first-order chi connectivity index (χ1) is 15.1. The molecule has 0 aliphatic heterocycles. The Morgan fingerprint density at radius 2 is 0.938 bits per heavy atom. The molecule has 0 aromatic heterocycles. The number of halogens is 5. The van der Waals surface area contributed by atoms with Crippen molar-refractivity contribution < 1.29 is 31.3 Å². The van der Waals surface area contributed by atoms with Gasteiger partial charge in [0.15, 0.2) is 0 Å². The van der Waals surface area contributed by atoms with Gasteiger partial charge in [0.2, 0.25) is 0 Å². The molecule has 8 heteroatoms. The van der Waals surface area contributed by atoms with E-state index in [1.165, 1.54) is 0 Å². The van der Waals surface area contributed by atoms with E-state index in [1.54, 1.807) is 0 Å². The molecule has 1 aromatic carbocycles. The first-order valence-electron chi connectivity index (χ1n) is 11.9. The molecule has 2 nitrogen and oxygen atoms in total. The normalized spacial score (nSPS) is 13.1. The molecule has 0 amide bonds. The van der Waals surface area contributed by atoms with Crippen LogP contribution in [0.15, 0.2) is 0 Å². The standard InChI is InChI=1S/C24H38F5O2P/c1-5-9-13-17-32(14-10-6-2,15-11-7-3,16-12-8-4)31-24(30)18-19(25)21(27)23(29)22(28)20(18)26/h5-17H2,1-4H3. The van der Waals surface area contributed by atoms with Crippen LogP contribution in [0.3, 0.4) is 0 Å².